The van der Waals surface area contributed by atoms with E-state index in [0.717, 1.165) is 43.2 Å². The summed E-state index contributed by atoms with van der Waals surface area (Å²) in [6.07, 6.45) is 4.99. The van der Waals surface area contributed by atoms with Gasteiger partial charge in [0.25, 0.3) is 10.2 Å². The van der Waals surface area contributed by atoms with Gasteiger partial charge in [-0.3, -0.25) is 0 Å². The third kappa shape index (κ3) is 3.28. The molecule has 0 N–H and O–H groups in total. The zero-order valence-electron chi connectivity index (χ0n) is 14.3. The standard InChI is InChI=1S/C19H24N2O2S2/c22-25(23,20-12-6-1-2-7-13-20)21-14-10-18-17(11-15-24-18)19(21)16-8-4-3-5-9-16/h3-5,8-9,11,15,19H,1-2,6-7,10,12-14H2/t19-/m0/s1. The highest BCUT2D eigenvalue weighted by molar-refractivity contribution is 7.86. The van der Waals surface area contributed by atoms with Crippen molar-refractivity contribution in [3.8, 4) is 0 Å². The van der Waals surface area contributed by atoms with Crippen molar-refractivity contribution < 1.29 is 8.42 Å². The monoisotopic (exact) mass is 376 g/mol. The van der Waals surface area contributed by atoms with Gasteiger partial charge in [0.1, 0.15) is 0 Å². The molecule has 134 valence electrons. The summed E-state index contributed by atoms with van der Waals surface area (Å²) in [6.45, 7) is 1.86. The van der Waals surface area contributed by atoms with Gasteiger partial charge in [-0.25, -0.2) is 0 Å². The van der Waals surface area contributed by atoms with E-state index in [-0.39, 0.29) is 6.04 Å². The van der Waals surface area contributed by atoms with Crippen LogP contribution in [0.15, 0.2) is 41.8 Å². The van der Waals surface area contributed by atoms with Gasteiger partial charge in [-0.1, -0.05) is 43.2 Å². The molecule has 0 spiro atoms. The van der Waals surface area contributed by atoms with Gasteiger partial charge in [0.2, 0.25) is 0 Å². The van der Waals surface area contributed by atoms with Gasteiger partial charge in [0.05, 0.1) is 6.04 Å². The molecule has 4 nitrogen and oxygen atoms in total. The molecule has 0 unspecified atom stereocenters. The summed E-state index contributed by atoms with van der Waals surface area (Å²) in [4.78, 5) is 1.32. The smallest absolute Gasteiger partial charge is 0.195 e. The topological polar surface area (TPSA) is 40.6 Å². The van der Waals surface area contributed by atoms with Crippen LogP contribution in [-0.2, 0) is 16.6 Å². The van der Waals surface area contributed by atoms with Gasteiger partial charge in [0, 0.05) is 24.5 Å². The van der Waals surface area contributed by atoms with Gasteiger partial charge in [0.15, 0.2) is 0 Å². The predicted molar refractivity (Wildman–Crippen MR) is 102 cm³/mol. The largest absolute Gasteiger partial charge is 0.282 e. The highest BCUT2D eigenvalue weighted by atomic mass is 32.2. The van der Waals surface area contributed by atoms with Crippen molar-refractivity contribution in [1.82, 2.24) is 8.61 Å². The van der Waals surface area contributed by atoms with Gasteiger partial charge < -0.3 is 0 Å². The summed E-state index contributed by atoms with van der Waals surface area (Å²) >= 11 is 1.74. The van der Waals surface area contributed by atoms with Crippen LogP contribution in [0.2, 0.25) is 0 Å². The van der Waals surface area contributed by atoms with Crippen LogP contribution in [0.3, 0.4) is 0 Å². The minimum atomic E-state index is -3.46. The van der Waals surface area contributed by atoms with E-state index in [2.05, 4.69) is 11.4 Å². The molecule has 4 rings (SSSR count). The lowest BCUT2D eigenvalue weighted by Crippen LogP contribution is -2.48. The van der Waals surface area contributed by atoms with Crippen molar-refractivity contribution in [2.75, 3.05) is 19.6 Å². The number of hydrogen-bond acceptors (Lipinski definition) is 3. The molecule has 1 aromatic carbocycles. The molecule has 0 bridgehead atoms. The summed E-state index contributed by atoms with van der Waals surface area (Å²) in [5.74, 6) is 0. The fraction of sp³-hybridized carbons (Fsp3) is 0.474. The molecule has 25 heavy (non-hydrogen) atoms. The van der Waals surface area contributed by atoms with E-state index in [0.29, 0.717) is 19.6 Å². The van der Waals surface area contributed by atoms with E-state index in [1.54, 1.807) is 19.9 Å². The van der Waals surface area contributed by atoms with Gasteiger partial charge in [-0.05, 0) is 41.8 Å². The molecular weight excluding hydrogens is 352 g/mol. The van der Waals surface area contributed by atoms with Crippen LogP contribution in [-0.4, -0.2) is 36.7 Å². The van der Waals surface area contributed by atoms with Crippen molar-refractivity contribution in [1.29, 1.82) is 0 Å². The summed E-state index contributed by atoms with van der Waals surface area (Å²) in [5, 5.41) is 2.09. The maximum absolute atomic E-state index is 13.5. The molecule has 1 atom stereocenters. The number of fused-ring (bicyclic) bond motifs is 1. The fourth-order valence-electron chi connectivity index (χ4n) is 3.94. The molecule has 0 amide bonds. The third-order valence-corrected chi connectivity index (χ3v) is 8.23. The number of thiophene rings is 1. The second-order valence-electron chi connectivity index (χ2n) is 6.79. The Morgan fingerprint density at radius 2 is 1.64 bits per heavy atom. The zero-order valence-corrected chi connectivity index (χ0v) is 15.9. The quantitative estimate of drug-likeness (QED) is 0.817. The number of rotatable bonds is 3. The molecule has 1 aromatic heterocycles. The molecule has 3 heterocycles. The van der Waals surface area contributed by atoms with Gasteiger partial charge in [-0.15, -0.1) is 11.3 Å². The first-order chi connectivity index (χ1) is 12.2. The minimum Gasteiger partial charge on any atom is -0.195 e. The van der Waals surface area contributed by atoms with E-state index in [4.69, 9.17) is 0 Å². The van der Waals surface area contributed by atoms with E-state index < -0.39 is 10.2 Å². The van der Waals surface area contributed by atoms with Crippen molar-refractivity contribution in [3.63, 3.8) is 0 Å². The minimum absolute atomic E-state index is 0.204. The molecule has 2 aliphatic rings. The van der Waals surface area contributed by atoms with Crippen molar-refractivity contribution in [3.05, 3.63) is 57.8 Å². The fourth-order valence-corrected chi connectivity index (χ4v) is 6.69. The molecule has 0 radical (unpaired) electrons. The van der Waals surface area contributed by atoms with E-state index in [1.807, 2.05) is 30.3 Å². The first-order valence-corrected chi connectivity index (χ1v) is 11.3. The Bertz CT molecular complexity index is 809. The molecule has 2 aromatic rings. The Morgan fingerprint density at radius 1 is 0.920 bits per heavy atom. The third-order valence-electron chi connectivity index (χ3n) is 5.22. The zero-order chi connectivity index (χ0) is 17.3. The van der Waals surface area contributed by atoms with E-state index in [9.17, 15) is 8.42 Å². The lowest BCUT2D eigenvalue weighted by atomic mass is 9.95. The molecule has 0 saturated carbocycles. The number of nitrogens with zero attached hydrogens (tertiary/aromatic N) is 2. The summed E-state index contributed by atoms with van der Waals surface area (Å²) in [7, 11) is -3.46. The number of benzene rings is 1. The maximum atomic E-state index is 13.5. The molecule has 2 aliphatic heterocycles. The Labute approximate surface area is 154 Å². The lowest BCUT2D eigenvalue weighted by molar-refractivity contribution is 0.301. The number of hydrogen-bond donors (Lipinski definition) is 0. The van der Waals surface area contributed by atoms with Gasteiger partial charge >= 0.3 is 0 Å². The Balaban J connectivity index is 1.74. The molecule has 1 fully saturated rings. The maximum Gasteiger partial charge on any atom is 0.282 e. The van der Waals surface area contributed by atoms with Crippen molar-refractivity contribution in [2.45, 2.75) is 38.1 Å². The lowest BCUT2D eigenvalue weighted by Gasteiger charge is -2.38. The van der Waals surface area contributed by atoms with Crippen LogP contribution in [0.25, 0.3) is 0 Å². The molecule has 0 aliphatic carbocycles. The Morgan fingerprint density at radius 3 is 2.36 bits per heavy atom. The first-order valence-electron chi connectivity index (χ1n) is 9.06. The summed E-state index contributed by atoms with van der Waals surface area (Å²) < 4.78 is 30.4. The molecular formula is C19H24N2O2S2. The van der Waals surface area contributed by atoms with Crippen LogP contribution in [0.1, 0.15) is 47.7 Å². The Kier molecular flexibility index (Phi) is 4.95. The van der Waals surface area contributed by atoms with Crippen LogP contribution in [0.5, 0.6) is 0 Å². The predicted octanol–water partition coefficient (Wildman–Crippen LogP) is 3.82. The first kappa shape index (κ1) is 17.2. The highest BCUT2D eigenvalue weighted by Crippen LogP contribution is 2.40. The summed E-state index contributed by atoms with van der Waals surface area (Å²) in [6, 6.07) is 11.9. The average Bonchev–Trinajstić information content (AvgIpc) is 2.93. The normalized spacial score (nSPS) is 23.1. The van der Waals surface area contributed by atoms with Crippen LogP contribution in [0.4, 0.5) is 0 Å². The van der Waals surface area contributed by atoms with Crippen molar-refractivity contribution >= 4 is 21.5 Å². The second-order valence-corrected chi connectivity index (χ2v) is 9.68. The van der Waals surface area contributed by atoms with E-state index >= 15 is 0 Å². The van der Waals surface area contributed by atoms with Crippen LogP contribution >= 0.6 is 11.3 Å². The van der Waals surface area contributed by atoms with Crippen LogP contribution in [0, 0.1) is 0 Å². The average molecular weight is 377 g/mol. The van der Waals surface area contributed by atoms with Crippen molar-refractivity contribution in [2.24, 2.45) is 0 Å². The Hall–Kier alpha value is -1.21. The molecule has 1 saturated heterocycles. The molecule has 6 heteroatoms. The van der Waals surface area contributed by atoms with Gasteiger partial charge in [-0.2, -0.15) is 17.0 Å². The van der Waals surface area contributed by atoms with E-state index in [1.165, 1.54) is 4.88 Å². The second kappa shape index (κ2) is 7.19. The summed E-state index contributed by atoms with van der Waals surface area (Å²) in [5.41, 5.74) is 2.21. The van der Waals surface area contributed by atoms with Crippen LogP contribution < -0.4 is 0 Å². The highest BCUT2D eigenvalue weighted by Gasteiger charge is 2.40. The SMILES string of the molecule is O=S(=O)(N1CCCCCC1)N1CCc2sccc2[C@@H]1c1ccccc1.